The van der Waals surface area contributed by atoms with Gasteiger partial charge in [0.1, 0.15) is 5.82 Å². The van der Waals surface area contributed by atoms with Gasteiger partial charge in [-0.15, -0.1) is 0 Å². The van der Waals surface area contributed by atoms with Crippen molar-refractivity contribution < 1.29 is 18.2 Å². The number of aliphatic imine (C=N–C) groups is 1. The first-order valence-corrected chi connectivity index (χ1v) is 5.56. The third kappa shape index (κ3) is 2.85. The predicted molar refractivity (Wildman–Crippen MR) is 66.1 cm³/mol. The molecule has 20 heavy (non-hydrogen) atoms. The summed E-state index contributed by atoms with van der Waals surface area (Å²) in [7, 11) is 0. The van der Waals surface area contributed by atoms with Crippen LogP contribution in [0, 0.1) is 28.7 Å². The third-order valence-electron chi connectivity index (χ3n) is 2.50. The van der Waals surface area contributed by atoms with Gasteiger partial charge in [0.25, 0.3) is 0 Å². The number of hydrogen-bond acceptors (Lipinski definition) is 5. The zero-order chi connectivity index (χ0) is 14.7. The number of nitrogens with zero attached hydrogens (tertiary/aromatic N) is 3. The Morgan fingerprint density at radius 2 is 2.25 bits per heavy atom. The second-order valence-electron chi connectivity index (χ2n) is 3.91. The SMILES string of the molecule is Cc1noc(CC=Nc2ccc(F)cc2F)c1[N+](=O)[O-]. The van der Waals surface area contributed by atoms with Gasteiger partial charge in [-0.1, -0.05) is 5.16 Å². The van der Waals surface area contributed by atoms with E-state index in [1.165, 1.54) is 19.2 Å². The lowest BCUT2D eigenvalue weighted by Crippen LogP contribution is -1.94. The van der Waals surface area contributed by atoms with Gasteiger partial charge in [0.2, 0.25) is 5.76 Å². The van der Waals surface area contributed by atoms with Gasteiger partial charge in [-0.25, -0.2) is 8.78 Å². The minimum Gasteiger partial charge on any atom is -0.353 e. The monoisotopic (exact) mass is 281 g/mol. The fourth-order valence-corrected chi connectivity index (χ4v) is 1.59. The van der Waals surface area contributed by atoms with Gasteiger partial charge in [-0.05, 0) is 19.1 Å². The second kappa shape index (κ2) is 5.55. The summed E-state index contributed by atoms with van der Waals surface area (Å²) < 4.78 is 30.8. The molecule has 8 heteroatoms. The molecule has 0 fully saturated rings. The molecule has 0 saturated heterocycles. The summed E-state index contributed by atoms with van der Waals surface area (Å²) >= 11 is 0. The molecule has 1 heterocycles. The van der Waals surface area contributed by atoms with Gasteiger partial charge in [-0.3, -0.25) is 15.1 Å². The largest absolute Gasteiger partial charge is 0.353 e. The lowest BCUT2D eigenvalue weighted by molar-refractivity contribution is -0.386. The Morgan fingerprint density at radius 1 is 1.50 bits per heavy atom. The average molecular weight is 281 g/mol. The Balaban J connectivity index is 2.16. The maximum absolute atomic E-state index is 13.3. The molecule has 0 atom stereocenters. The molecule has 1 aromatic carbocycles. The molecule has 0 aliphatic heterocycles. The first-order chi connectivity index (χ1) is 9.49. The highest BCUT2D eigenvalue weighted by atomic mass is 19.1. The number of halogens is 2. The van der Waals surface area contributed by atoms with Crippen molar-refractivity contribution >= 4 is 17.6 Å². The van der Waals surface area contributed by atoms with Crippen molar-refractivity contribution in [1.82, 2.24) is 5.16 Å². The van der Waals surface area contributed by atoms with Crippen molar-refractivity contribution in [3.05, 3.63) is 51.4 Å². The summed E-state index contributed by atoms with van der Waals surface area (Å²) in [4.78, 5) is 14.0. The van der Waals surface area contributed by atoms with E-state index in [0.29, 0.717) is 6.07 Å². The van der Waals surface area contributed by atoms with Crippen LogP contribution in [0.25, 0.3) is 0 Å². The van der Waals surface area contributed by atoms with Crippen molar-refractivity contribution in [3.63, 3.8) is 0 Å². The molecule has 2 rings (SSSR count). The fourth-order valence-electron chi connectivity index (χ4n) is 1.59. The predicted octanol–water partition coefficient (Wildman–Crippen LogP) is 3.11. The van der Waals surface area contributed by atoms with Crippen LogP contribution in [0.4, 0.5) is 20.2 Å². The third-order valence-corrected chi connectivity index (χ3v) is 2.50. The quantitative estimate of drug-likeness (QED) is 0.490. The molecular formula is C12H9F2N3O3. The molecule has 0 radical (unpaired) electrons. The number of aromatic nitrogens is 1. The van der Waals surface area contributed by atoms with Crippen LogP contribution in [0.1, 0.15) is 11.5 Å². The number of hydrogen-bond donors (Lipinski definition) is 0. The normalized spacial score (nSPS) is 11.2. The van der Waals surface area contributed by atoms with Crippen molar-refractivity contribution in [1.29, 1.82) is 0 Å². The minimum absolute atomic E-state index is 0.0199. The Bertz CT molecular complexity index is 683. The minimum atomic E-state index is -0.815. The Morgan fingerprint density at radius 3 is 2.90 bits per heavy atom. The highest BCUT2D eigenvalue weighted by Gasteiger charge is 2.22. The van der Waals surface area contributed by atoms with Gasteiger partial charge >= 0.3 is 5.69 Å². The Hall–Kier alpha value is -2.64. The van der Waals surface area contributed by atoms with E-state index in [-0.39, 0.29) is 29.2 Å². The van der Waals surface area contributed by atoms with Crippen LogP contribution < -0.4 is 0 Å². The molecule has 0 N–H and O–H groups in total. The molecule has 6 nitrogen and oxygen atoms in total. The van der Waals surface area contributed by atoms with Crippen LogP contribution in [0.15, 0.2) is 27.7 Å². The van der Waals surface area contributed by atoms with Crippen LogP contribution >= 0.6 is 0 Å². The van der Waals surface area contributed by atoms with Gasteiger partial charge in [0.15, 0.2) is 11.5 Å². The van der Waals surface area contributed by atoms with E-state index in [1.54, 1.807) is 0 Å². The van der Waals surface area contributed by atoms with Crippen LogP contribution in [-0.2, 0) is 6.42 Å². The number of nitro groups is 1. The van der Waals surface area contributed by atoms with E-state index >= 15 is 0 Å². The summed E-state index contributed by atoms with van der Waals surface area (Å²) in [6.07, 6.45) is 1.22. The lowest BCUT2D eigenvalue weighted by atomic mass is 10.2. The highest BCUT2D eigenvalue weighted by Crippen LogP contribution is 2.23. The summed E-state index contributed by atoms with van der Waals surface area (Å²) in [6, 6.07) is 2.94. The van der Waals surface area contributed by atoms with Gasteiger partial charge in [0, 0.05) is 12.3 Å². The van der Waals surface area contributed by atoms with Crippen molar-refractivity contribution in [3.8, 4) is 0 Å². The zero-order valence-electron chi connectivity index (χ0n) is 10.3. The molecule has 0 aliphatic carbocycles. The van der Waals surface area contributed by atoms with Crippen LogP contribution in [0.5, 0.6) is 0 Å². The van der Waals surface area contributed by atoms with Crippen LogP contribution in [0.3, 0.4) is 0 Å². The molecular weight excluding hydrogens is 272 g/mol. The van der Waals surface area contributed by atoms with Crippen molar-refractivity contribution in [2.45, 2.75) is 13.3 Å². The first-order valence-electron chi connectivity index (χ1n) is 5.56. The van der Waals surface area contributed by atoms with Crippen molar-refractivity contribution in [2.75, 3.05) is 0 Å². The first kappa shape index (κ1) is 13.8. The average Bonchev–Trinajstić information content (AvgIpc) is 2.73. The molecule has 104 valence electrons. The summed E-state index contributed by atoms with van der Waals surface area (Å²) in [5.74, 6) is -1.49. The zero-order valence-corrected chi connectivity index (χ0v) is 10.3. The summed E-state index contributed by atoms with van der Waals surface area (Å²) in [6.45, 7) is 1.45. The van der Waals surface area contributed by atoms with E-state index in [4.69, 9.17) is 4.52 Å². The van der Waals surface area contributed by atoms with E-state index in [9.17, 15) is 18.9 Å². The number of aryl methyl sites for hydroxylation is 1. The van der Waals surface area contributed by atoms with E-state index in [1.807, 2.05) is 0 Å². The molecule has 2 aromatic rings. The van der Waals surface area contributed by atoms with Crippen LogP contribution in [0.2, 0.25) is 0 Å². The molecule has 0 saturated carbocycles. The van der Waals surface area contributed by atoms with Crippen LogP contribution in [-0.4, -0.2) is 16.3 Å². The topological polar surface area (TPSA) is 81.5 Å². The number of rotatable bonds is 4. The maximum atomic E-state index is 13.3. The molecule has 0 aliphatic rings. The standard InChI is InChI=1S/C12H9F2N3O3/c1-7-12(17(18)19)11(20-16-7)4-5-15-10-3-2-8(13)6-9(10)14/h2-3,5-6H,4H2,1H3. The second-order valence-corrected chi connectivity index (χ2v) is 3.91. The number of benzene rings is 1. The molecule has 0 bridgehead atoms. The molecule has 1 aromatic heterocycles. The fraction of sp³-hybridized carbons (Fsp3) is 0.167. The van der Waals surface area contributed by atoms with Crippen molar-refractivity contribution in [2.24, 2.45) is 4.99 Å². The van der Waals surface area contributed by atoms with E-state index in [0.717, 1.165) is 6.07 Å². The van der Waals surface area contributed by atoms with Gasteiger partial charge < -0.3 is 4.52 Å². The highest BCUT2D eigenvalue weighted by molar-refractivity contribution is 5.67. The van der Waals surface area contributed by atoms with E-state index < -0.39 is 16.6 Å². The van der Waals surface area contributed by atoms with E-state index in [2.05, 4.69) is 10.1 Å². The maximum Gasteiger partial charge on any atom is 0.334 e. The Labute approximate surface area is 111 Å². The summed E-state index contributed by atoms with van der Waals surface area (Å²) in [5, 5.41) is 14.3. The lowest BCUT2D eigenvalue weighted by Gasteiger charge is -1.95. The Kier molecular flexibility index (Phi) is 3.83. The molecule has 0 amide bonds. The smallest absolute Gasteiger partial charge is 0.334 e. The summed E-state index contributed by atoms with van der Waals surface area (Å²) in [5.41, 5.74) is -0.132. The molecule has 0 unspecified atom stereocenters. The van der Waals surface area contributed by atoms with Gasteiger partial charge in [0.05, 0.1) is 17.0 Å². The molecule has 0 spiro atoms. The van der Waals surface area contributed by atoms with Gasteiger partial charge in [-0.2, -0.15) is 0 Å².